The number of amides is 3. The maximum atomic E-state index is 12.5. The summed E-state index contributed by atoms with van der Waals surface area (Å²) in [5.74, 6) is -1.54. The van der Waals surface area contributed by atoms with Gasteiger partial charge in [-0.1, -0.05) is 35.3 Å². The average Bonchev–Trinajstić information content (AvgIpc) is 3.02. The van der Waals surface area contributed by atoms with Crippen LogP contribution in [0.2, 0.25) is 10.0 Å². The van der Waals surface area contributed by atoms with Crippen molar-refractivity contribution < 1.29 is 28.7 Å². The number of ether oxygens (including phenoxy) is 2. The second kappa shape index (κ2) is 10.5. The summed E-state index contributed by atoms with van der Waals surface area (Å²) in [6, 6.07) is 11.4. The standard InChI is InChI=1S/C21H16Cl2N2O6S/c1-30-19(27)10-25-20(28)17(32-21(25)29)9-12-8-13(22)6-7-16(12)31-11-18(26)24-15-5-3-2-4-14(15)23/h2-9H,10-11H2,1H3,(H,24,26)/b17-9-. The molecule has 2 aromatic carbocycles. The molecule has 0 unspecified atom stereocenters. The van der Waals surface area contributed by atoms with Gasteiger partial charge in [-0.3, -0.25) is 24.1 Å². The molecule has 1 fully saturated rings. The average molecular weight is 495 g/mol. The minimum atomic E-state index is -0.718. The molecule has 0 radical (unpaired) electrons. The fraction of sp³-hybridized carbons (Fsp3) is 0.143. The lowest BCUT2D eigenvalue weighted by Crippen LogP contribution is -2.34. The smallest absolute Gasteiger partial charge is 0.325 e. The Hall–Kier alpha value is -3.01. The third-order valence-electron chi connectivity index (χ3n) is 4.15. The van der Waals surface area contributed by atoms with E-state index in [0.29, 0.717) is 33.1 Å². The Morgan fingerprint density at radius 1 is 1.16 bits per heavy atom. The van der Waals surface area contributed by atoms with E-state index in [1.54, 1.807) is 30.3 Å². The lowest BCUT2D eigenvalue weighted by Gasteiger charge is -2.11. The van der Waals surface area contributed by atoms with Crippen molar-refractivity contribution in [1.82, 2.24) is 4.90 Å². The first kappa shape index (κ1) is 23.6. The number of hydrogen-bond acceptors (Lipinski definition) is 7. The molecule has 0 saturated carbocycles. The summed E-state index contributed by atoms with van der Waals surface area (Å²) in [7, 11) is 1.16. The minimum Gasteiger partial charge on any atom is -0.483 e. The van der Waals surface area contributed by atoms with Crippen molar-refractivity contribution in [2.24, 2.45) is 0 Å². The van der Waals surface area contributed by atoms with Crippen LogP contribution in [-0.2, 0) is 19.1 Å². The Labute approximate surface area is 197 Å². The Bertz CT molecular complexity index is 1120. The number of anilines is 1. The molecule has 0 bridgehead atoms. The molecule has 0 atom stereocenters. The molecule has 3 rings (SSSR count). The summed E-state index contributed by atoms with van der Waals surface area (Å²) in [4.78, 5) is 49.2. The molecule has 11 heteroatoms. The third-order valence-corrected chi connectivity index (χ3v) is 5.63. The summed E-state index contributed by atoms with van der Waals surface area (Å²) in [5, 5.41) is 2.78. The van der Waals surface area contributed by atoms with Crippen molar-refractivity contribution in [1.29, 1.82) is 0 Å². The van der Waals surface area contributed by atoms with Gasteiger partial charge in [0.1, 0.15) is 12.3 Å². The first-order valence-corrected chi connectivity index (χ1v) is 10.6. The summed E-state index contributed by atoms with van der Waals surface area (Å²) in [6.07, 6.45) is 1.41. The van der Waals surface area contributed by atoms with Gasteiger partial charge in [-0.05, 0) is 48.2 Å². The highest BCUT2D eigenvalue weighted by molar-refractivity contribution is 8.18. The van der Waals surface area contributed by atoms with Crippen LogP contribution in [0, 0.1) is 0 Å². The molecular formula is C21H16Cl2N2O6S. The highest BCUT2D eigenvalue weighted by Crippen LogP contribution is 2.34. The number of halogens is 2. The van der Waals surface area contributed by atoms with Crippen molar-refractivity contribution in [3.8, 4) is 5.75 Å². The van der Waals surface area contributed by atoms with E-state index >= 15 is 0 Å². The maximum Gasteiger partial charge on any atom is 0.325 e. The molecule has 1 saturated heterocycles. The summed E-state index contributed by atoms with van der Waals surface area (Å²) < 4.78 is 10.1. The SMILES string of the molecule is COC(=O)CN1C(=O)S/C(=C\c2cc(Cl)ccc2OCC(=O)Nc2ccccc2Cl)C1=O. The largest absolute Gasteiger partial charge is 0.483 e. The van der Waals surface area contributed by atoms with Crippen LogP contribution in [0.15, 0.2) is 47.4 Å². The number of imide groups is 1. The van der Waals surface area contributed by atoms with E-state index in [1.165, 1.54) is 18.2 Å². The van der Waals surface area contributed by atoms with Gasteiger partial charge in [-0.2, -0.15) is 0 Å². The van der Waals surface area contributed by atoms with Crippen molar-refractivity contribution in [3.63, 3.8) is 0 Å². The van der Waals surface area contributed by atoms with Crippen LogP contribution in [0.3, 0.4) is 0 Å². The lowest BCUT2D eigenvalue weighted by atomic mass is 10.2. The van der Waals surface area contributed by atoms with Gasteiger partial charge in [-0.25, -0.2) is 0 Å². The Morgan fingerprint density at radius 2 is 1.91 bits per heavy atom. The molecule has 8 nitrogen and oxygen atoms in total. The van der Waals surface area contributed by atoms with Crippen molar-refractivity contribution in [2.75, 3.05) is 25.6 Å². The van der Waals surface area contributed by atoms with Crippen LogP contribution >= 0.6 is 35.0 Å². The predicted octanol–water partition coefficient (Wildman–Crippen LogP) is 4.22. The number of nitrogens with zero attached hydrogens (tertiary/aromatic N) is 1. The molecule has 1 aliphatic rings. The van der Waals surface area contributed by atoms with Gasteiger partial charge in [-0.15, -0.1) is 0 Å². The van der Waals surface area contributed by atoms with E-state index < -0.39 is 29.6 Å². The van der Waals surface area contributed by atoms with E-state index in [0.717, 1.165) is 12.0 Å². The number of carbonyl (C=O) groups is 4. The number of nitrogens with one attached hydrogen (secondary N) is 1. The maximum absolute atomic E-state index is 12.5. The van der Waals surface area contributed by atoms with Gasteiger partial charge in [0.05, 0.1) is 22.7 Å². The molecule has 0 aliphatic carbocycles. The molecule has 1 N–H and O–H groups in total. The number of para-hydroxylation sites is 1. The third kappa shape index (κ3) is 5.82. The van der Waals surface area contributed by atoms with Gasteiger partial charge < -0.3 is 14.8 Å². The second-order valence-electron chi connectivity index (χ2n) is 6.34. The van der Waals surface area contributed by atoms with Crippen LogP contribution in [0.4, 0.5) is 10.5 Å². The number of rotatable bonds is 7. The molecular weight excluding hydrogens is 479 g/mol. The van der Waals surface area contributed by atoms with Crippen molar-refractivity contribution >= 4 is 69.8 Å². The molecule has 0 spiro atoms. The summed E-state index contributed by atoms with van der Waals surface area (Å²) in [6.45, 7) is -0.822. The molecule has 3 amide bonds. The first-order chi connectivity index (χ1) is 15.3. The van der Waals surface area contributed by atoms with Gasteiger partial charge in [0, 0.05) is 10.6 Å². The summed E-state index contributed by atoms with van der Waals surface area (Å²) in [5.41, 5.74) is 0.824. The first-order valence-electron chi connectivity index (χ1n) is 9.07. The van der Waals surface area contributed by atoms with Crippen LogP contribution in [0.1, 0.15) is 5.56 Å². The van der Waals surface area contributed by atoms with Gasteiger partial charge in [0.25, 0.3) is 17.1 Å². The number of thioether (sulfide) groups is 1. The number of benzene rings is 2. The monoisotopic (exact) mass is 494 g/mol. The Kier molecular flexibility index (Phi) is 7.79. The van der Waals surface area contributed by atoms with E-state index in [9.17, 15) is 19.2 Å². The van der Waals surface area contributed by atoms with Crippen molar-refractivity contribution in [2.45, 2.75) is 0 Å². The highest BCUT2D eigenvalue weighted by atomic mass is 35.5. The Morgan fingerprint density at radius 3 is 2.62 bits per heavy atom. The zero-order valence-electron chi connectivity index (χ0n) is 16.6. The van der Waals surface area contributed by atoms with Crippen molar-refractivity contribution in [3.05, 3.63) is 63.0 Å². The van der Waals surface area contributed by atoms with Gasteiger partial charge in [0.2, 0.25) is 0 Å². The van der Waals surface area contributed by atoms with Crippen LogP contribution in [-0.4, -0.2) is 48.2 Å². The molecule has 0 aromatic heterocycles. The fourth-order valence-corrected chi connectivity index (χ4v) is 3.82. The number of methoxy groups -OCH3 is 1. The lowest BCUT2D eigenvalue weighted by molar-refractivity contribution is -0.143. The van der Waals surface area contributed by atoms with E-state index in [-0.39, 0.29) is 17.3 Å². The Balaban J connectivity index is 1.74. The zero-order chi connectivity index (χ0) is 23.3. The predicted molar refractivity (Wildman–Crippen MR) is 122 cm³/mol. The molecule has 1 aliphatic heterocycles. The zero-order valence-corrected chi connectivity index (χ0v) is 18.9. The molecule has 2 aromatic rings. The fourth-order valence-electron chi connectivity index (χ4n) is 2.63. The molecule has 32 heavy (non-hydrogen) atoms. The molecule has 1 heterocycles. The van der Waals surface area contributed by atoms with Crippen LogP contribution < -0.4 is 10.1 Å². The van der Waals surface area contributed by atoms with E-state index in [2.05, 4.69) is 10.1 Å². The number of carbonyl (C=O) groups excluding carboxylic acids is 4. The molecule has 166 valence electrons. The summed E-state index contributed by atoms with van der Waals surface area (Å²) >= 11 is 12.8. The minimum absolute atomic E-state index is 0.0755. The normalized spacial score (nSPS) is 14.6. The quantitative estimate of drug-likeness (QED) is 0.453. The second-order valence-corrected chi connectivity index (χ2v) is 8.18. The van der Waals surface area contributed by atoms with E-state index in [1.807, 2.05) is 0 Å². The topological polar surface area (TPSA) is 102 Å². The highest BCUT2D eigenvalue weighted by Gasteiger charge is 2.36. The number of esters is 1. The number of hydrogen-bond donors (Lipinski definition) is 1. The van der Waals surface area contributed by atoms with Crippen LogP contribution in [0.5, 0.6) is 5.75 Å². The van der Waals surface area contributed by atoms with E-state index in [4.69, 9.17) is 27.9 Å². The van der Waals surface area contributed by atoms with Gasteiger partial charge >= 0.3 is 5.97 Å². The van der Waals surface area contributed by atoms with Crippen LogP contribution in [0.25, 0.3) is 6.08 Å². The van der Waals surface area contributed by atoms with Gasteiger partial charge in [0.15, 0.2) is 6.61 Å².